The highest BCUT2D eigenvalue weighted by atomic mass is 79.9. The lowest BCUT2D eigenvalue weighted by molar-refractivity contribution is 0.570. The first kappa shape index (κ1) is 17.8. The first-order chi connectivity index (χ1) is 12.0. The molecule has 0 atom stereocenters. The van der Waals surface area contributed by atoms with Gasteiger partial charge in [-0.2, -0.15) is 4.72 Å². The molecular weight excluding hydrogens is 405 g/mol. The van der Waals surface area contributed by atoms with Crippen LogP contribution >= 0.6 is 15.9 Å². The minimum atomic E-state index is -3.87. The van der Waals surface area contributed by atoms with E-state index in [0.717, 1.165) is 23.3 Å². The molecule has 1 N–H and O–H groups in total. The van der Waals surface area contributed by atoms with Crippen molar-refractivity contribution >= 4 is 26.0 Å². The predicted octanol–water partition coefficient (Wildman–Crippen LogP) is 4.66. The largest absolute Gasteiger partial charge is 0.242 e. The van der Waals surface area contributed by atoms with Gasteiger partial charge in [-0.05, 0) is 45.3 Å². The molecule has 0 spiro atoms. The van der Waals surface area contributed by atoms with Crippen molar-refractivity contribution in [3.05, 3.63) is 100 Å². The van der Waals surface area contributed by atoms with E-state index < -0.39 is 21.9 Å². The van der Waals surface area contributed by atoms with Crippen molar-refractivity contribution in [1.82, 2.24) is 4.72 Å². The fraction of sp³-hybridized carbons (Fsp3) is 0.0526. The first-order valence-corrected chi connectivity index (χ1v) is 9.82. The number of hydrogen-bond acceptors (Lipinski definition) is 2. The molecule has 0 aliphatic carbocycles. The summed E-state index contributed by atoms with van der Waals surface area (Å²) in [5.41, 5.74) is 1.63. The van der Waals surface area contributed by atoms with Crippen LogP contribution in [0.15, 0.2) is 88.2 Å². The van der Waals surface area contributed by atoms with Gasteiger partial charge >= 0.3 is 0 Å². The molecule has 6 heteroatoms. The van der Waals surface area contributed by atoms with Crippen molar-refractivity contribution in [2.75, 3.05) is 0 Å². The smallest absolute Gasteiger partial charge is 0.207 e. The van der Waals surface area contributed by atoms with Crippen LogP contribution in [0.4, 0.5) is 4.39 Å². The second kappa shape index (κ2) is 7.47. The maximum absolute atomic E-state index is 13.3. The van der Waals surface area contributed by atoms with E-state index in [-0.39, 0.29) is 9.37 Å². The van der Waals surface area contributed by atoms with Crippen molar-refractivity contribution in [1.29, 1.82) is 0 Å². The molecule has 0 aliphatic heterocycles. The Balaban J connectivity index is 2.03. The Hall–Kier alpha value is -2.02. The van der Waals surface area contributed by atoms with Gasteiger partial charge in [0.25, 0.3) is 0 Å². The van der Waals surface area contributed by atoms with E-state index in [1.807, 2.05) is 60.7 Å². The Kier molecular flexibility index (Phi) is 5.32. The van der Waals surface area contributed by atoms with Crippen LogP contribution < -0.4 is 4.72 Å². The summed E-state index contributed by atoms with van der Waals surface area (Å²) in [5, 5.41) is 0. The van der Waals surface area contributed by atoms with Gasteiger partial charge in [0.1, 0.15) is 5.82 Å². The zero-order valence-corrected chi connectivity index (χ0v) is 15.5. The zero-order valence-electron chi connectivity index (χ0n) is 13.1. The summed E-state index contributed by atoms with van der Waals surface area (Å²) in [6.07, 6.45) is 0. The van der Waals surface area contributed by atoms with Gasteiger partial charge in [-0.1, -0.05) is 60.7 Å². The topological polar surface area (TPSA) is 46.2 Å². The molecule has 0 radical (unpaired) electrons. The molecule has 0 saturated carbocycles. The Labute approximate surface area is 154 Å². The minimum absolute atomic E-state index is 0.00855. The summed E-state index contributed by atoms with van der Waals surface area (Å²) in [6.45, 7) is 0. The van der Waals surface area contributed by atoms with E-state index in [4.69, 9.17) is 0 Å². The summed E-state index contributed by atoms with van der Waals surface area (Å²) in [7, 11) is -3.87. The van der Waals surface area contributed by atoms with Gasteiger partial charge in [0.15, 0.2) is 0 Å². The van der Waals surface area contributed by atoms with Crippen LogP contribution in [0.2, 0.25) is 0 Å². The molecule has 0 fully saturated rings. The molecule has 3 aromatic rings. The number of halogens is 2. The van der Waals surface area contributed by atoms with Gasteiger partial charge in [-0.25, -0.2) is 12.8 Å². The second-order valence-electron chi connectivity index (χ2n) is 5.45. The predicted molar refractivity (Wildman–Crippen MR) is 99.1 cm³/mol. The third-order valence-electron chi connectivity index (χ3n) is 3.72. The molecule has 0 unspecified atom stereocenters. The van der Waals surface area contributed by atoms with E-state index in [2.05, 4.69) is 20.7 Å². The number of benzene rings is 3. The van der Waals surface area contributed by atoms with Gasteiger partial charge < -0.3 is 0 Å². The van der Waals surface area contributed by atoms with Crippen LogP contribution in [0.5, 0.6) is 0 Å². The summed E-state index contributed by atoms with van der Waals surface area (Å²) in [5.74, 6) is -0.506. The van der Waals surface area contributed by atoms with Crippen molar-refractivity contribution in [3.8, 4) is 0 Å². The number of rotatable bonds is 5. The summed E-state index contributed by atoms with van der Waals surface area (Å²) >= 11 is 3.13. The van der Waals surface area contributed by atoms with E-state index in [9.17, 15) is 12.8 Å². The fourth-order valence-electron chi connectivity index (χ4n) is 2.53. The highest BCUT2D eigenvalue weighted by Gasteiger charge is 2.24. The molecule has 3 rings (SSSR count). The maximum Gasteiger partial charge on any atom is 0.242 e. The van der Waals surface area contributed by atoms with Crippen molar-refractivity contribution in [2.45, 2.75) is 10.9 Å². The summed E-state index contributed by atoms with van der Waals surface area (Å²) in [4.78, 5) is -0.00855. The summed E-state index contributed by atoms with van der Waals surface area (Å²) in [6, 6.07) is 21.6. The SMILES string of the molecule is O=S(=O)(NC(c1ccccc1)c1ccccc1)c1ccc(F)cc1Br. The maximum atomic E-state index is 13.3. The zero-order chi connectivity index (χ0) is 17.9. The van der Waals surface area contributed by atoms with Crippen LogP contribution in [0.3, 0.4) is 0 Å². The standard InChI is InChI=1S/C19H15BrFNO2S/c20-17-13-16(21)11-12-18(17)25(23,24)22-19(14-7-3-1-4-8-14)15-9-5-2-6-10-15/h1-13,19,22H. The average Bonchev–Trinajstić information content (AvgIpc) is 2.61. The van der Waals surface area contributed by atoms with Gasteiger partial charge in [0, 0.05) is 4.47 Å². The third-order valence-corrected chi connectivity index (χ3v) is 6.12. The number of sulfonamides is 1. The van der Waals surface area contributed by atoms with Gasteiger partial charge in [0.05, 0.1) is 10.9 Å². The van der Waals surface area contributed by atoms with E-state index in [0.29, 0.717) is 0 Å². The van der Waals surface area contributed by atoms with Crippen molar-refractivity contribution in [2.24, 2.45) is 0 Å². The number of hydrogen-bond donors (Lipinski definition) is 1. The quantitative estimate of drug-likeness (QED) is 0.653. The number of nitrogens with one attached hydrogen (secondary N) is 1. The van der Waals surface area contributed by atoms with Crippen LogP contribution in [0.1, 0.15) is 17.2 Å². The molecule has 3 nitrogen and oxygen atoms in total. The second-order valence-corrected chi connectivity index (χ2v) is 7.99. The molecule has 0 aromatic heterocycles. The van der Waals surface area contributed by atoms with Crippen molar-refractivity contribution < 1.29 is 12.8 Å². The normalized spacial score (nSPS) is 11.6. The van der Waals surface area contributed by atoms with Gasteiger partial charge in [0.2, 0.25) is 10.0 Å². The Morgan fingerprint density at radius 2 is 1.36 bits per heavy atom. The van der Waals surface area contributed by atoms with Crippen molar-refractivity contribution in [3.63, 3.8) is 0 Å². The third kappa shape index (κ3) is 4.15. The molecule has 0 aliphatic rings. The van der Waals surface area contributed by atoms with Gasteiger partial charge in [-0.3, -0.25) is 0 Å². The average molecular weight is 420 g/mol. The molecule has 25 heavy (non-hydrogen) atoms. The highest BCUT2D eigenvalue weighted by molar-refractivity contribution is 9.10. The monoisotopic (exact) mass is 419 g/mol. The molecule has 0 amide bonds. The Morgan fingerprint density at radius 3 is 1.84 bits per heavy atom. The molecule has 0 bridgehead atoms. The molecule has 0 heterocycles. The van der Waals surface area contributed by atoms with Gasteiger partial charge in [-0.15, -0.1) is 0 Å². The highest BCUT2D eigenvalue weighted by Crippen LogP contribution is 2.27. The molecule has 3 aromatic carbocycles. The van der Waals surface area contributed by atoms with E-state index in [1.165, 1.54) is 6.07 Å². The molecule has 128 valence electrons. The molecule has 0 saturated heterocycles. The fourth-order valence-corrected chi connectivity index (χ4v) is 4.79. The molecular formula is C19H15BrFNO2S. The Bertz CT molecular complexity index is 924. The lowest BCUT2D eigenvalue weighted by Crippen LogP contribution is -2.29. The lowest BCUT2D eigenvalue weighted by atomic mass is 10.00. The summed E-state index contributed by atoms with van der Waals surface area (Å²) < 4.78 is 41.9. The van der Waals surface area contributed by atoms with Crippen LogP contribution in [0.25, 0.3) is 0 Å². The minimum Gasteiger partial charge on any atom is -0.207 e. The first-order valence-electron chi connectivity index (χ1n) is 7.54. The lowest BCUT2D eigenvalue weighted by Gasteiger charge is -2.20. The van der Waals surface area contributed by atoms with Crippen LogP contribution in [0, 0.1) is 5.82 Å². The van der Waals surface area contributed by atoms with Crippen LogP contribution in [-0.2, 0) is 10.0 Å². The van der Waals surface area contributed by atoms with E-state index in [1.54, 1.807) is 0 Å². The van der Waals surface area contributed by atoms with Crippen LogP contribution in [-0.4, -0.2) is 8.42 Å². The Morgan fingerprint density at radius 1 is 0.840 bits per heavy atom. The van der Waals surface area contributed by atoms with E-state index >= 15 is 0 Å².